The lowest BCUT2D eigenvalue weighted by molar-refractivity contribution is -0.149. The number of halogens is 3. The fraction of sp³-hybridized carbons (Fsp3) is 0.833. The third kappa shape index (κ3) is 5.28. The molecule has 0 aromatic carbocycles. The first kappa shape index (κ1) is 15.1. The minimum atomic E-state index is -4.81. The predicted molar refractivity (Wildman–Crippen MR) is 47.8 cm³/mol. The summed E-state index contributed by atoms with van der Waals surface area (Å²) in [5, 5.41) is 0. The fourth-order valence-electron chi connectivity index (χ4n) is 0.721. The molecule has 10 heteroatoms. The Hall–Kier alpha value is -0.870. The average Bonchev–Trinajstić information content (AvgIpc) is 2.11. The van der Waals surface area contributed by atoms with Crippen LogP contribution in [0.4, 0.5) is 13.2 Å². The smallest absolute Gasteiger partial charge is 0.406 e. The van der Waals surface area contributed by atoms with Gasteiger partial charge >= 0.3 is 12.1 Å². The number of ether oxygens (including phenoxy) is 1. The molecule has 0 spiro atoms. The number of hydrogen-bond donors (Lipinski definition) is 2. The standard InChI is InChI=1S/C6H11F3N2O4S/c1-15-5(12)3-16(13,14)11-4(2-10)6(7,8)9/h4,11H,2-3,10H2,1H3. The number of methoxy groups -OCH3 is 1. The third-order valence-corrected chi connectivity index (χ3v) is 2.75. The minimum Gasteiger partial charge on any atom is -0.468 e. The first-order chi connectivity index (χ1) is 7.12. The Morgan fingerprint density at radius 3 is 2.31 bits per heavy atom. The summed E-state index contributed by atoms with van der Waals surface area (Å²) in [7, 11) is -3.49. The third-order valence-electron chi connectivity index (χ3n) is 1.49. The topological polar surface area (TPSA) is 98.5 Å². The van der Waals surface area contributed by atoms with Crippen LogP contribution in [0.5, 0.6) is 0 Å². The van der Waals surface area contributed by atoms with Gasteiger partial charge in [-0.3, -0.25) is 4.79 Å². The Morgan fingerprint density at radius 2 is 2.00 bits per heavy atom. The first-order valence-corrected chi connectivity index (χ1v) is 5.61. The predicted octanol–water partition coefficient (Wildman–Crippen LogP) is -1.03. The highest BCUT2D eigenvalue weighted by Crippen LogP contribution is 2.19. The van der Waals surface area contributed by atoms with Crippen LogP contribution < -0.4 is 10.5 Å². The molecule has 96 valence electrons. The Labute approximate surface area is 90.0 Å². The molecule has 0 aromatic rings. The van der Waals surface area contributed by atoms with Gasteiger partial charge in [-0.25, -0.2) is 13.1 Å². The maximum Gasteiger partial charge on any atom is 0.406 e. The number of carbonyl (C=O) groups is 1. The van der Waals surface area contributed by atoms with Crippen molar-refractivity contribution in [1.82, 2.24) is 4.72 Å². The van der Waals surface area contributed by atoms with E-state index in [4.69, 9.17) is 5.73 Å². The molecule has 1 unspecified atom stereocenters. The van der Waals surface area contributed by atoms with E-state index >= 15 is 0 Å². The van der Waals surface area contributed by atoms with Gasteiger partial charge in [0.15, 0.2) is 5.75 Å². The van der Waals surface area contributed by atoms with E-state index in [1.807, 2.05) is 0 Å². The summed E-state index contributed by atoms with van der Waals surface area (Å²) < 4.78 is 63.8. The zero-order valence-corrected chi connectivity index (χ0v) is 9.06. The van der Waals surface area contributed by atoms with Crippen molar-refractivity contribution >= 4 is 16.0 Å². The van der Waals surface area contributed by atoms with Crippen molar-refractivity contribution in [2.75, 3.05) is 19.4 Å². The van der Waals surface area contributed by atoms with Gasteiger partial charge in [0.1, 0.15) is 6.04 Å². The van der Waals surface area contributed by atoms with E-state index in [9.17, 15) is 26.4 Å². The second kappa shape index (κ2) is 5.46. The second-order valence-electron chi connectivity index (χ2n) is 2.78. The number of sulfonamides is 1. The maximum atomic E-state index is 12.1. The lowest BCUT2D eigenvalue weighted by Crippen LogP contribution is -2.51. The number of nitrogens with two attached hydrogens (primary N) is 1. The SMILES string of the molecule is COC(=O)CS(=O)(=O)NC(CN)C(F)(F)F. The van der Waals surface area contributed by atoms with Gasteiger partial charge in [-0.05, 0) is 0 Å². The number of alkyl halides is 3. The molecule has 0 amide bonds. The van der Waals surface area contributed by atoms with E-state index in [-0.39, 0.29) is 0 Å². The Bertz CT molecular complexity index is 340. The molecule has 0 radical (unpaired) electrons. The van der Waals surface area contributed by atoms with Gasteiger partial charge < -0.3 is 10.5 Å². The molecule has 0 aliphatic heterocycles. The van der Waals surface area contributed by atoms with E-state index in [0.717, 1.165) is 7.11 Å². The van der Waals surface area contributed by atoms with Gasteiger partial charge in [-0.1, -0.05) is 0 Å². The molecule has 0 aromatic heterocycles. The van der Waals surface area contributed by atoms with Crippen LogP contribution in [0.3, 0.4) is 0 Å². The molecule has 3 N–H and O–H groups in total. The Kier molecular flexibility index (Phi) is 5.16. The van der Waals surface area contributed by atoms with Crippen molar-refractivity contribution in [3.05, 3.63) is 0 Å². The summed E-state index contributed by atoms with van der Waals surface area (Å²) in [5.41, 5.74) is 4.77. The van der Waals surface area contributed by atoms with Crippen LogP contribution in [0.15, 0.2) is 0 Å². The molecular formula is C6H11F3N2O4S. The quantitative estimate of drug-likeness (QED) is 0.618. The molecule has 0 saturated heterocycles. The normalized spacial score (nSPS) is 14.6. The molecule has 16 heavy (non-hydrogen) atoms. The van der Waals surface area contributed by atoms with Gasteiger partial charge in [0.25, 0.3) is 0 Å². The molecule has 0 aliphatic carbocycles. The summed E-state index contributed by atoms with van der Waals surface area (Å²) >= 11 is 0. The maximum absolute atomic E-state index is 12.1. The molecular weight excluding hydrogens is 253 g/mol. The van der Waals surface area contributed by atoms with E-state index < -0.39 is 40.5 Å². The van der Waals surface area contributed by atoms with Crippen LogP contribution in [0.2, 0.25) is 0 Å². The lowest BCUT2D eigenvalue weighted by atomic mass is 10.3. The second-order valence-corrected chi connectivity index (χ2v) is 4.54. The summed E-state index contributed by atoms with van der Waals surface area (Å²) in [6, 6.07) is -2.41. The zero-order valence-electron chi connectivity index (χ0n) is 8.24. The van der Waals surface area contributed by atoms with Crippen molar-refractivity contribution in [3.8, 4) is 0 Å². The van der Waals surface area contributed by atoms with Crippen LogP contribution in [-0.4, -0.2) is 46.0 Å². The monoisotopic (exact) mass is 264 g/mol. The highest BCUT2D eigenvalue weighted by atomic mass is 32.2. The molecule has 0 heterocycles. The number of esters is 1. The molecule has 0 rings (SSSR count). The molecule has 0 fully saturated rings. The lowest BCUT2D eigenvalue weighted by Gasteiger charge is -2.19. The summed E-state index contributed by atoms with van der Waals surface area (Å²) in [5.74, 6) is -2.35. The summed E-state index contributed by atoms with van der Waals surface area (Å²) in [6.07, 6.45) is -4.81. The summed E-state index contributed by atoms with van der Waals surface area (Å²) in [4.78, 5) is 10.6. The fourth-order valence-corrected chi connectivity index (χ4v) is 1.90. The highest BCUT2D eigenvalue weighted by Gasteiger charge is 2.41. The number of carbonyl (C=O) groups excluding carboxylic acids is 1. The Morgan fingerprint density at radius 1 is 1.50 bits per heavy atom. The van der Waals surface area contributed by atoms with Crippen LogP contribution in [-0.2, 0) is 19.6 Å². The first-order valence-electron chi connectivity index (χ1n) is 3.96. The van der Waals surface area contributed by atoms with Crippen LogP contribution >= 0.6 is 0 Å². The zero-order chi connectivity index (χ0) is 13.0. The van der Waals surface area contributed by atoms with Crippen molar-refractivity contribution in [2.24, 2.45) is 5.73 Å². The minimum absolute atomic E-state index is 0.919. The van der Waals surface area contributed by atoms with E-state index in [2.05, 4.69) is 4.74 Å². The Balaban J connectivity index is 4.63. The van der Waals surface area contributed by atoms with Gasteiger partial charge in [0, 0.05) is 6.54 Å². The van der Waals surface area contributed by atoms with Gasteiger partial charge in [-0.2, -0.15) is 13.2 Å². The number of nitrogens with one attached hydrogen (secondary N) is 1. The van der Waals surface area contributed by atoms with Crippen molar-refractivity contribution in [3.63, 3.8) is 0 Å². The molecule has 1 atom stereocenters. The van der Waals surface area contributed by atoms with Crippen LogP contribution in [0.25, 0.3) is 0 Å². The number of rotatable bonds is 5. The largest absolute Gasteiger partial charge is 0.468 e. The van der Waals surface area contributed by atoms with Crippen molar-refractivity contribution in [2.45, 2.75) is 12.2 Å². The van der Waals surface area contributed by atoms with Gasteiger partial charge in [0.2, 0.25) is 10.0 Å². The van der Waals surface area contributed by atoms with Crippen molar-refractivity contribution in [1.29, 1.82) is 0 Å². The molecule has 0 aliphatic rings. The number of hydrogen-bond acceptors (Lipinski definition) is 5. The van der Waals surface area contributed by atoms with Crippen LogP contribution in [0.1, 0.15) is 0 Å². The van der Waals surface area contributed by atoms with Gasteiger partial charge in [0.05, 0.1) is 7.11 Å². The van der Waals surface area contributed by atoms with Gasteiger partial charge in [-0.15, -0.1) is 0 Å². The average molecular weight is 264 g/mol. The molecule has 0 bridgehead atoms. The highest BCUT2D eigenvalue weighted by molar-refractivity contribution is 7.90. The molecule has 0 saturated carbocycles. The van der Waals surface area contributed by atoms with Crippen molar-refractivity contribution < 1.29 is 31.1 Å². The van der Waals surface area contributed by atoms with Crippen LogP contribution in [0, 0.1) is 0 Å². The molecule has 6 nitrogen and oxygen atoms in total. The van der Waals surface area contributed by atoms with E-state index in [1.165, 1.54) is 4.72 Å². The van der Waals surface area contributed by atoms with E-state index in [0.29, 0.717) is 0 Å². The van der Waals surface area contributed by atoms with E-state index in [1.54, 1.807) is 0 Å². The summed E-state index contributed by atoms with van der Waals surface area (Å²) in [6.45, 7) is -0.954.